The molecule has 0 atom stereocenters. The maximum atomic E-state index is 12.3. The highest BCUT2D eigenvalue weighted by atomic mass is 16.5. The van der Waals surface area contributed by atoms with Crippen LogP contribution < -0.4 is 9.80 Å². The first-order valence-electron chi connectivity index (χ1n) is 12.6. The van der Waals surface area contributed by atoms with Crippen molar-refractivity contribution in [1.29, 1.82) is 0 Å². The Morgan fingerprint density at radius 2 is 1.76 bits per heavy atom. The molecule has 0 bridgehead atoms. The topological polar surface area (TPSA) is 96.6 Å². The minimum absolute atomic E-state index is 0.0461. The van der Waals surface area contributed by atoms with Crippen LogP contribution in [0.5, 0.6) is 5.75 Å². The van der Waals surface area contributed by atoms with Gasteiger partial charge in [0.15, 0.2) is 5.65 Å². The highest BCUT2D eigenvalue weighted by Crippen LogP contribution is 2.35. The number of piperazine rings is 1. The van der Waals surface area contributed by atoms with E-state index in [4.69, 9.17) is 14.7 Å². The Bertz CT molecular complexity index is 1490. The number of anilines is 2. The monoisotopic (exact) mass is 496 g/mol. The molecule has 0 radical (unpaired) electrons. The summed E-state index contributed by atoms with van der Waals surface area (Å²) in [5.41, 5.74) is 6.64. The number of hydrogen-bond donors (Lipinski definition) is 1. The van der Waals surface area contributed by atoms with E-state index < -0.39 is 0 Å². The largest absolute Gasteiger partial charge is 0.508 e. The van der Waals surface area contributed by atoms with Crippen LogP contribution in [0.15, 0.2) is 60.9 Å². The summed E-state index contributed by atoms with van der Waals surface area (Å²) >= 11 is 0. The molecule has 2 aromatic heterocycles. The van der Waals surface area contributed by atoms with Gasteiger partial charge in [-0.1, -0.05) is 30.3 Å². The standard InChI is InChI=1S/C28H28N6O3/c1-2-37-24(36)17-34-18-29-26-25(23-12-7-19-5-3-4-6-22(19)23)30-28(31-27(26)34)33-15-13-32(14-16-33)20-8-10-21(35)11-9-20/h3-6,8-12,18,35H,2,7,13-17H2,1H3. The third kappa shape index (κ3) is 4.37. The van der Waals surface area contributed by atoms with Gasteiger partial charge in [-0.2, -0.15) is 4.98 Å². The molecule has 1 aliphatic heterocycles. The lowest BCUT2D eigenvalue weighted by molar-refractivity contribution is -0.143. The second-order valence-corrected chi connectivity index (χ2v) is 9.19. The van der Waals surface area contributed by atoms with Gasteiger partial charge in [0.25, 0.3) is 0 Å². The van der Waals surface area contributed by atoms with E-state index in [1.54, 1.807) is 30.0 Å². The number of rotatable bonds is 6. The van der Waals surface area contributed by atoms with Crippen molar-refractivity contribution in [2.24, 2.45) is 0 Å². The number of nitrogens with zero attached hydrogens (tertiary/aromatic N) is 6. The first kappa shape index (κ1) is 23.0. The van der Waals surface area contributed by atoms with Crippen molar-refractivity contribution in [2.45, 2.75) is 19.9 Å². The third-order valence-electron chi connectivity index (χ3n) is 6.92. The van der Waals surface area contributed by atoms with Crippen LogP contribution in [0, 0.1) is 0 Å². The molecule has 1 N–H and O–H groups in total. The van der Waals surface area contributed by atoms with Gasteiger partial charge < -0.3 is 24.2 Å². The first-order chi connectivity index (χ1) is 18.1. The number of fused-ring (bicyclic) bond motifs is 2. The van der Waals surface area contributed by atoms with Gasteiger partial charge in [0.05, 0.1) is 12.9 Å². The molecule has 2 aromatic carbocycles. The number of aromatic nitrogens is 4. The number of ether oxygens (including phenoxy) is 1. The summed E-state index contributed by atoms with van der Waals surface area (Å²) in [7, 11) is 0. The highest BCUT2D eigenvalue weighted by molar-refractivity contribution is 5.94. The summed E-state index contributed by atoms with van der Waals surface area (Å²) in [6.45, 7) is 5.26. The van der Waals surface area contributed by atoms with Crippen molar-refractivity contribution < 1.29 is 14.6 Å². The van der Waals surface area contributed by atoms with Gasteiger partial charge in [-0.3, -0.25) is 4.79 Å². The second kappa shape index (κ2) is 9.57. The zero-order chi connectivity index (χ0) is 25.4. The summed E-state index contributed by atoms with van der Waals surface area (Å²) in [5.74, 6) is 0.569. The van der Waals surface area contributed by atoms with E-state index in [1.807, 2.05) is 18.2 Å². The summed E-state index contributed by atoms with van der Waals surface area (Å²) in [6, 6.07) is 15.6. The molecule has 1 aliphatic carbocycles. The smallest absolute Gasteiger partial charge is 0.326 e. The van der Waals surface area contributed by atoms with Crippen LogP contribution in [0.4, 0.5) is 11.6 Å². The molecular formula is C28H28N6O3. The molecule has 9 nitrogen and oxygen atoms in total. The molecule has 3 heterocycles. The minimum Gasteiger partial charge on any atom is -0.508 e. The fourth-order valence-corrected chi connectivity index (χ4v) is 5.06. The lowest BCUT2D eigenvalue weighted by Gasteiger charge is -2.36. The number of carbonyl (C=O) groups is 1. The van der Waals surface area contributed by atoms with E-state index in [0.29, 0.717) is 23.7 Å². The fourth-order valence-electron chi connectivity index (χ4n) is 5.06. The van der Waals surface area contributed by atoms with Crippen molar-refractivity contribution in [2.75, 3.05) is 42.6 Å². The van der Waals surface area contributed by atoms with Gasteiger partial charge in [0.1, 0.15) is 23.5 Å². The summed E-state index contributed by atoms with van der Waals surface area (Å²) in [6.07, 6.45) is 4.69. The van der Waals surface area contributed by atoms with Gasteiger partial charge in [-0.25, -0.2) is 9.97 Å². The van der Waals surface area contributed by atoms with Crippen molar-refractivity contribution in [3.05, 3.63) is 77.8 Å². The van der Waals surface area contributed by atoms with Gasteiger partial charge in [0.2, 0.25) is 5.95 Å². The molecule has 0 saturated carbocycles. The maximum Gasteiger partial charge on any atom is 0.326 e. The third-order valence-corrected chi connectivity index (χ3v) is 6.92. The van der Waals surface area contributed by atoms with Gasteiger partial charge in [0, 0.05) is 37.4 Å². The lowest BCUT2D eigenvalue weighted by Crippen LogP contribution is -2.47. The van der Waals surface area contributed by atoms with Crippen LogP contribution in [0.2, 0.25) is 0 Å². The molecule has 37 heavy (non-hydrogen) atoms. The minimum atomic E-state index is -0.323. The van der Waals surface area contributed by atoms with Crippen molar-refractivity contribution >= 4 is 34.3 Å². The number of phenols is 1. The van der Waals surface area contributed by atoms with Crippen LogP contribution in [0.25, 0.3) is 16.7 Å². The van der Waals surface area contributed by atoms with Crippen LogP contribution >= 0.6 is 0 Å². The molecule has 9 heteroatoms. The number of carbonyl (C=O) groups excluding carboxylic acids is 1. The Hall–Kier alpha value is -4.40. The van der Waals surface area contributed by atoms with Gasteiger partial charge in [-0.15, -0.1) is 0 Å². The number of phenolic OH excluding ortho intramolecular Hbond substituents is 1. The first-order valence-corrected chi connectivity index (χ1v) is 12.6. The SMILES string of the molecule is CCOC(=O)Cn1cnc2c(C3=CCc4ccccc43)nc(N3CCN(c4ccc(O)cc4)CC3)nc21. The molecule has 0 amide bonds. The van der Waals surface area contributed by atoms with Crippen LogP contribution in [0.1, 0.15) is 23.7 Å². The average molecular weight is 497 g/mol. The Kier molecular flexibility index (Phi) is 5.96. The van der Waals surface area contributed by atoms with Crippen molar-refractivity contribution in [3.8, 4) is 5.75 Å². The van der Waals surface area contributed by atoms with E-state index in [-0.39, 0.29) is 18.3 Å². The number of esters is 1. The van der Waals surface area contributed by atoms with Crippen molar-refractivity contribution in [1.82, 2.24) is 19.5 Å². The zero-order valence-electron chi connectivity index (χ0n) is 20.7. The Labute approximate surface area is 214 Å². The Morgan fingerprint density at radius 3 is 2.54 bits per heavy atom. The number of benzene rings is 2. The van der Waals surface area contributed by atoms with E-state index >= 15 is 0 Å². The second-order valence-electron chi connectivity index (χ2n) is 9.19. The predicted octanol–water partition coefficient (Wildman–Crippen LogP) is 3.41. The number of aromatic hydroxyl groups is 1. The average Bonchev–Trinajstić information content (AvgIpc) is 3.53. The van der Waals surface area contributed by atoms with Gasteiger partial charge in [-0.05, 0) is 48.7 Å². The molecule has 1 fully saturated rings. The molecule has 2 aliphatic rings. The van der Waals surface area contributed by atoms with Gasteiger partial charge >= 0.3 is 5.97 Å². The summed E-state index contributed by atoms with van der Waals surface area (Å²) < 4.78 is 6.92. The molecular weight excluding hydrogens is 468 g/mol. The maximum absolute atomic E-state index is 12.3. The summed E-state index contributed by atoms with van der Waals surface area (Å²) in [5, 5.41) is 9.61. The molecule has 6 rings (SSSR count). The normalized spacial score (nSPS) is 15.1. The zero-order valence-corrected chi connectivity index (χ0v) is 20.7. The van der Waals surface area contributed by atoms with E-state index in [9.17, 15) is 9.90 Å². The lowest BCUT2D eigenvalue weighted by atomic mass is 10.0. The molecule has 0 unspecified atom stereocenters. The fraction of sp³-hybridized carbons (Fsp3) is 0.286. The van der Waals surface area contributed by atoms with Crippen LogP contribution in [-0.4, -0.2) is 63.4 Å². The van der Waals surface area contributed by atoms with E-state index in [1.165, 1.54) is 5.56 Å². The number of allylic oxidation sites excluding steroid dienone is 1. The quantitative estimate of drug-likeness (QED) is 0.406. The number of hydrogen-bond acceptors (Lipinski definition) is 8. The Morgan fingerprint density at radius 1 is 1.00 bits per heavy atom. The van der Waals surface area contributed by atoms with E-state index in [0.717, 1.165) is 55.1 Å². The molecule has 0 spiro atoms. The Balaban J connectivity index is 1.36. The summed E-state index contributed by atoms with van der Waals surface area (Å²) in [4.78, 5) is 31.3. The predicted molar refractivity (Wildman–Crippen MR) is 142 cm³/mol. The molecule has 188 valence electrons. The molecule has 4 aromatic rings. The van der Waals surface area contributed by atoms with Crippen molar-refractivity contribution in [3.63, 3.8) is 0 Å². The number of imidazole rings is 1. The highest BCUT2D eigenvalue weighted by Gasteiger charge is 2.26. The molecule has 1 saturated heterocycles. The van der Waals surface area contributed by atoms with Crippen LogP contribution in [0.3, 0.4) is 0 Å². The van der Waals surface area contributed by atoms with E-state index in [2.05, 4.69) is 39.1 Å². The van der Waals surface area contributed by atoms with Crippen LogP contribution in [-0.2, 0) is 22.5 Å².